The van der Waals surface area contributed by atoms with Crippen LogP contribution in [0.4, 0.5) is 4.39 Å². The molecule has 0 spiro atoms. The van der Waals surface area contributed by atoms with Gasteiger partial charge < -0.3 is 5.11 Å². The summed E-state index contributed by atoms with van der Waals surface area (Å²) in [6.45, 7) is 2.23. The molecule has 144 valence electrons. The van der Waals surface area contributed by atoms with E-state index in [9.17, 15) is 4.39 Å². The summed E-state index contributed by atoms with van der Waals surface area (Å²) in [5, 5.41) is 9.00. The second-order valence-electron chi connectivity index (χ2n) is 8.45. The Morgan fingerprint density at radius 1 is 1.00 bits per heavy atom. The van der Waals surface area contributed by atoms with Gasteiger partial charge in [-0.15, -0.1) is 0 Å². The first-order valence-corrected chi connectivity index (χ1v) is 10.8. The topological polar surface area (TPSA) is 20.2 Å². The molecule has 26 heavy (non-hydrogen) atoms. The van der Waals surface area contributed by atoms with Crippen molar-refractivity contribution in [2.75, 3.05) is 6.61 Å². The number of benzene rings is 1. The Bertz CT molecular complexity index is 578. The number of hydrogen-bond acceptors (Lipinski definition) is 1. The first-order valence-electron chi connectivity index (χ1n) is 10.8. The molecule has 1 nitrogen and oxygen atoms in total. The van der Waals surface area contributed by atoms with Crippen LogP contribution >= 0.6 is 0 Å². The molecule has 0 heterocycles. The van der Waals surface area contributed by atoms with Gasteiger partial charge in [-0.05, 0) is 105 Å². The Kier molecular flexibility index (Phi) is 7.31. The van der Waals surface area contributed by atoms with Crippen molar-refractivity contribution in [3.05, 3.63) is 47.3 Å². The highest BCUT2D eigenvalue weighted by atomic mass is 19.1. The van der Waals surface area contributed by atoms with Gasteiger partial charge in [0, 0.05) is 6.61 Å². The maximum atomic E-state index is 14.2. The molecular formula is C24H35FO. The standard InChI is InChI=1S/C24H35FO/c1-2-3-4-18-5-7-19(8-6-18)20-9-11-21(12-10-20)23-14-13-22(15-16-26)24(25)17-23/h3-4,13-14,17-21,26H,2,5-12,15-16H2,1H3/b4-3+. The third-order valence-electron chi connectivity index (χ3n) is 6.83. The van der Waals surface area contributed by atoms with Gasteiger partial charge in [0.15, 0.2) is 0 Å². The fourth-order valence-electron chi connectivity index (χ4n) is 5.20. The fourth-order valence-corrected chi connectivity index (χ4v) is 5.20. The van der Waals surface area contributed by atoms with Crippen molar-refractivity contribution in [3.63, 3.8) is 0 Å². The summed E-state index contributed by atoms with van der Waals surface area (Å²) in [7, 11) is 0. The monoisotopic (exact) mass is 358 g/mol. The van der Waals surface area contributed by atoms with Crippen LogP contribution in [0, 0.1) is 23.6 Å². The van der Waals surface area contributed by atoms with E-state index in [0.29, 0.717) is 17.9 Å². The summed E-state index contributed by atoms with van der Waals surface area (Å²) in [5.74, 6) is 3.01. The Hall–Kier alpha value is -1.15. The molecule has 0 aromatic heterocycles. The molecule has 2 aliphatic carbocycles. The highest BCUT2D eigenvalue weighted by Gasteiger charge is 2.30. The predicted molar refractivity (Wildman–Crippen MR) is 107 cm³/mol. The minimum atomic E-state index is -0.142. The van der Waals surface area contributed by atoms with Crippen LogP contribution in [0.5, 0.6) is 0 Å². The third kappa shape index (κ3) is 4.97. The van der Waals surface area contributed by atoms with E-state index >= 15 is 0 Å². The highest BCUT2D eigenvalue weighted by Crippen LogP contribution is 2.44. The van der Waals surface area contributed by atoms with Gasteiger partial charge in [-0.2, -0.15) is 0 Å². The maximum absolute atomic E-state index is 14.2. The van der Waals surface area contributed by atoms with Crippen molar-refractivity contribution < 1.29 is 9.50 Å². The van der Waals surface area contributed by atoms with E-state index in [1.807, 2.05) is 6.07 Å². The predicted octanol–water partition coefficient (Wildman–Crippen LogP) is 6.41. The Morgan fingerprint density at radius 2 is 1.65 bits per heavy atom. The molecule has 0 radical (unpaired) electrons. The minimum absolute atomic E-state index is 0.0118. The molecule has 1 N–H and O–H groups in total. The number of aliphatic hydroxyl groups excluding tert-OH is 1. The number of hydrogen-bond donors (Lipinski definition) is 1. The molecule has 1 aromatic carbocycles. The summed E-state index contributed by atoms with van der Waals surface area (Å²) in [6, 6.07) is 5.68. The van der Waals surface area contributed by atoms with Crippen molar-refractivity contribution in [3.8, 4) is 0 Å². The average molecular weight is 359 g/mol. The van der Waals surface area contributed by atoms with Crippen LogP contribution in [-0.4, -0.2) is 11.7 Å². The summed E-state index contributed by atoms with van der Waals surface area (Å²) in [5.41, 5.74) is 1.80. The Morgan fingerprint density at radius 3 is 2.23 bits per heavy atom. The summed E-state index contributed by atoms with van der Waals surface area (Å²) in [4.78, 5) is 0. The number of aliphatic hydroxyl groups is 1. The molecule has 0 bridgehead atoms. The first-order chi connectivity index (χ1) is 12.7. The summed E-state index contributed by atoms with van der Waals surface area (Å²) >= 11 is 0. The molecule has 0 aliphatic heterocycles. The lowest BCUT2D eigenvalue weighted by molar-refractivity contribution is 0.171. The van der Waals surface area contributed by atoms with E-state index in [1.165, 1.54) is 51.4 Å². The molecule has 2 saturated carbocycles. The third-order valence-corrected chi connectivity index (χ3v) is 6.83. The summed E-state index contributed by atoms with van der Waals surface area (Å²) < 4.78 is 14.2. The first kappa shape index (κ1) is 19.6. The minimum Gasteiger partial charge on any atom is -0.396 e. The molecular weight excluding hydrogens is 323 g/mol. The quantitative estimate of drug-likeness (QED) is 0.583. The summed E-state index contributed by atoms with van der Waals surface area (Å²) in [6.07, 6.45) is 16.9. The van der Waals surface area contributed by atoms with Crippen LogP contribution in [0.15, 0.2) is 30.4 Å². The van der Waals surface area contributed by atoms with Gasteiger partial charge in [0.1, 0.15) is 5.82 Å². The van der Waals surface area contributed by atoms with Crippen molar-refractivity contribution in [2.45, 2.75) is 77.0 Å². The average Bonchev–Trinajstić information content (AvgIpc) is 2.69. The molecule has 0 unspecified atom stereocenters. The molecule has 2 aliphatic rings. The van der Waals surface area contributed by atoms with Crippen LogP contribution in [0.1, 0.15) is 81.8 Å². The van der Waals surface area contributed by atoms with Gasteiger partial charge in [-0.3, -0.25) is 0 Å². The van der Waals surface area contributed by atoms with Crippen LogP contribution in [0.25, 0.3) is 0 Å². The van der Waals surface area contributed by atoms with Crippen LogP contribution in [0.3, 0.4) is 0 Å². The zero-order chi connectivity index (χ0) is 18.4. The van der Waals surface area contributed by atoms with E-state index in [-0.39, 0.29) is 12.4 Å². The lowest BCUT2D eigenvalue weighted by Crippen LogP contribution is -2.25. The van der Waals surface area contributed by atoms with Crippen molar-refractivity contribution in [1.29, 1.82) is 0 Å². The van der Waals surface area contributed by atoms with E-state index in [1.54, 1.807) is 6.07 Å². The van der Waals surface area contributed by atoms with E-state index in [4.69, 9.17) is 5.11 Å². The molecule has 3 rings (SSSR count). The van der Waals surface area contributed by atoms with E-state index in [0.717, 1.165) is 29.7 Å². The Labute approximate surface area is 158 Å². The number of rotatable bonds is 6. The second-order valence-corrected chi connectivity index (χ2v) is 8.45. The van der Waals surface area contributed by atoms with Gasteiger partial charge in [0.25, 0.3) is 0 Å². The van der Waals surface area contributed by atoms with E-state index in [2.05, 4.69) is 25.1 Å². The molecule has 2 fully saturated rings. The van der Waals surface area contributed by atoms with E-state index < -0.39 is 0 Å². The lowest BCUT2D eigenvalue weighted by atomic mass is 9.68. The largest absolute Gasteiger partial charge is 0.396 e. The maximum Gasteiger partial charge on any atom is 0.126 e. The molecule has 0 saturated heterocycles. The molecule has 0 amide bonds. The van der Waals surface area contributed by atoms with Crippen molar-refractivity contribution in [2.24, 2.45) is 17.8 Å². The van der Waals surface area contributed by atoms with Gasteiger partial charge in [0.2, 0.25) is 0 Å². The van der Waals surface area contributed by atoms with Gasteiger partial charge in [-0.25, -0.2) is 4.39 Å². The number of halogens is 1. The number of allylic oxidation sites excluding steroid dienone is 2. The van der Waals surface area contributed by atoms with Gasteiger partial charge >= 0.3 is 0 Å². The van der Waals surface area contributed by atoms with Crippen LogP contribution in [-0.2, 0) is 6.42 Å². The van der Waals surface area contributed by atoms with Crippen molar-refractivity contribution >= 4 is 0 Å². The van der Waals surface area contributed by atoms with Crippen LogP contribution in [0.2, 0.25) is 0 Å². The highest BCUT2D eigenvalue weighted by molar-refractivity contribution is 5.27. The molecule has 1 aromatic rings. The molecule has 0 atom stereocenters. The lowest BCUT2D eigenvalue weighted by Gasteiger charge is -2.37. The fraction of sp³-hybridized carbons (Fsp3) is 0.667. The SMILES string of the molecule is CC/C=C/C1CCC(C2CCC(c3ccc(CCO)c(F)c3)CC2)CC1. The van der Waals surface area contributed by atoms with Gasteiger partial charge in [0.05, 0.1) is 0 Å². The van der Waals surface area contributed by atoms with Gasteiger partial charge in [-0.1, -0.05) is 31.2 Å². The Balaban J connectivity index is 1.49. The second kappa shape index (κ2) is 9.69. The van der Waals surface area contributed by atoms with Crippen molar-refractivity contribution in [1.82, 2.24) is 0 Å². The van der Waals surface area contributed by atoms with Crippen LogP contribution < -0.4 is 0 Å². The normalized spacial score (nSPS) is 30.0. The zero-order valence-electron chi connectivity index (χ0n) is 16.3. The smallest absolute Gasteiger partial charge is 0.126 e. The zero-order valence-corrected chi connectivity index (χ0v) is 16.3. The molecule has 2 heteroatoms.